The quantitative estimate of drug-likeness (QED) is 0.0262. The van der Waals surface area contributed by atoms with Gasteiger partial charge in [0.15, 0.2) is 6.29 Å². The monoisotopic (exact) mass is 888 g/mol. The van der Waals surface area contributed by atoms with Crippen LogP contribution in [-0.2, 0) is 14.3 Å². The zero-order chi connectivity index (χ0) is 45.9. The van der Waals surface area contributed by atoms with Crippen molar-refractivity contribution in [2.75, 3.05) is 13.2 Å². The Kier molecular flexibility index (Phi) is 40.9. The molecule has 0 aromatic carbocycles. The van der Waals surface area contributed by atoms with Crippen LogP contribution in [0.4, 0.5) is 0 Å². The van der Waals surface area contributed by atoms with Gasteiger partial charge < -0.3 is 40.3 Å². The van der Waals surface area contributed by atoms with Crippen molar-refractivity contribution in [3.63, 3.8) is 0 Å². The van der Waals surface area contributed by atoms with Gasteiger partial charge in [0.2, 0.25) is 5.91 Å². The maximum absolute atomic E-state index is 13.0. The zero-order valence-corrected chi connectivity index (χ0v) is 40.3. The molecule has 0 aliphatic carbocycles. The lowest BCUT2D eigenvalue weighted by molar-refractivity contribution is -0.302. The van der Waals surface area contributed by atoms with E-state index in [1.165, 1.54) is 122 Å². The summed E-state index contributed by atoms with van der Waals surface area (Å²) in [6, 6.07) is -0.820. The molecule has 1 amide bonds. The number of carbonyl (C=O) groups excluding carboxylic acids is 1. The van der Waals surface area contributed by atoms with Gasteiger partial charge in [-0.1, -0.05) is 216 Å². The molecular weight excluding hydrogens is 791 g/mol. The Morgan fingerprint density at radius 1 is 0.556 bits per heavy atom. The number of ether oxygens (including phenoxy) is 2. The lowest BCUT2D eigenvalue weighted by Gasteiger charge is -2.40. The molecule has 1 saturated heterocycles. The lowest BCUT2D eigenvalue weighted by Crippen LogP contribution is -2.60. The average Bonchev–Trinajstić information content (AvgIpc) is 3.28. The predicted molar refractivity (Wildman–Crippen MR) is 262 cm³/mol. The second kappa shape index (κ2) is 43.8. The molecule has 0 saturated carbocycles. The number of carbonyl (C=O) groups is 1. The van der Waals surface area contributed by atoms with Crippen LogP contribution in [0.1, 0.15) is 219 Å². The summed E-state index contributed by atoms with van der Waals surface area (Å²) in [6.45, 7) is 3.65. The van der Waals surface area contributed by atoms with E-state index in [-0.39, 0.29) is 12.5 Å². The molecule has 9 nitrogen and oxygen atoms in total. The van der Waals surface area contributed by atoms with Crippen molar-refractivity contribution in [1.82, 2.24) is 5.32 Å². The number of hydrogen-bond acceptors (Lipinski definition) is 8. The van der Waals surface area contributed by atoms with Crippen molar-refractivity contribution in [2.24, 2.45) is 0 Å². The van der Waals surface area contributed by atoms with Gasteiger partial charge in [-0.25, -0.2) is 0 Å². The minimum absolute atomic E-state index is 0.200. The third-order valence-electron chi connectivity index (χ3n) is 12.1. The maximum Gasteiger partial charge on any atom is 0.220 e. The highest BCUT2D eigenvalue weighted by molar-refractivity contribution is 5.76. The smallest absolute Gasteiger partial charge is 0.220 e. The van der Waals surface area contributed by atoms with Crippen LogP contribution < -0.4 is 5.32 Å². The van der Waals surface area contributed by atoms with E-state index >= 15 is 0 Å². The summed E-state index contributed by atoms with van der Waals surface area (Å²) in [4.78, 5) is 13.0. The summed E-state index contributed by atoms with van der Waals surface area (Å²) in [7, 11) is 0. The Morgan fingerprint density at radius 2 is 0.984 bits per heavy atom. The normalized spacial score (nSPS) is 20.7. The van der Waals surface area contributed by atoms with Gasteiger partial charge in [0, 0.05) is 6.42 Å². The highest BCUT2D eigenvalue weighted by atomic mass is 16.7. The van der Waals surface area contributed by atoms with Gasteiger partial charge in [-0.3, -0.25) is 4.79 Å². The van der Waals surface area contributed by atoms with Crippen LogP contribution >= 0.6 is 0 Å². The first-order valence-corrected chi connectivity index (χ1v) is 26.0. The molecule has 0 spiro atoms. The predicted octanol–water partition coefficient (Wildman–Crippen LogP) is 12.0. The summed E-state index contributed by atoms with van der Waals surface area (Å²) < 4.78 is 11.2. The van der Waals surface area contributed by atoms with Gasteiger partial charge in [-0.05, 0) is 57.8 Å². The van der Waals surface area contributed by atoms with Gasteiger partial charge in [-0.2, -0.15) is 0 Å². The molecule has 7 unspecified atom stereocenters. The van der Waals surface area contributed by atoms with Crippen molar-refractivity contribution >= 4 is 5.91 Å². The molecular formula is C54H97NO8. The van der Waals surface area contributed by atoms with Gasteiger partial charge >= 0.3 is 0 Å². The molecule has 1 rings (SSSR count). The van der Waals surface area contributed by atoms with Crippen LogP contribution in [0, 0.1) is 0 Å². The zero-order valence-electron chi connectivity index (χ0n) is 40.3. The first kappa shape index (κ1) is 58.9. The molecule has 7 atom stereocenters. The summed E-state index contributed by atoms with van der Waals surface area (Å²) in [6.07, 6.45) is 51.3. The fourth-order valence-corrected chi connectivity index (χ4v) is 7.97. The number of unbranched alkanes of at least 4 members (excludes halogenated alkanes) is 25. The van der Waals surface area contributed by atoms with Gasteiger partial charge in [0.05, 0.1) is 25.4 Å². The number of hydrogen-bond donors (Lipinski definition) is 6. The highest BCUT2D eigenvalue weighted by Crippen LogP contribution is 2.23. The number of allylic oxidation sites excluding steroid dienone is 9. The van der Waals surface area contributed by atoms with E-state index in [0.29, 0.717) is 6.42 Å². The van der Waals surface area contributed by atoms with Gasteiger partial charge in [0.1, 0.15) is 24.4 Å². The van der Waals surface area contributed by atoms with Crippen LogP contribution in [0.3, 0.4) is 0 Å². The first-order chi connectivity index (χ1) is 30.8. The Morgan fingerprint density at radius 3 is 1.46 bits per heavy atom. The second-order valence-electron chi connectivity index (χ2n) is 17.9. The van der Waals surface area contributed by atoms with E-state index in [1.807, 2.05) is 6.08 Å². The van der Waals surface area contributed by atoms with E-state index < -0.39 is 49.5 Å². The third-order valence-corrected chi connectivity index (χ3v) is 12.1. The fourth-order valence-electron chi connectivity index (χ4n) is 7.97. The Hall–Kier alpha value is -2.11. The van der Waals surface area contributed by atoms with E-state index in [0.717, 1.165) is 77.0 Å². The van der Waals surface area contributed by atoms with Crippen molar-refractivity contribution in [1.29, 1.82) is 0 Å². The van der Waals surface area contributed by atoms with Crippen LogP contribution in [-0.4, -0.2) is 87.5 Å². The van der Waals surface area contributed by atoms with Crippen LogP contribution in [0.2, 0.25) is 0 Å². The molecule has 63 heavy (non-hydrogen) atoms. The third kappa shape index (κ3) is 33.9. The van der Waals surface area contributed by atoms with Crippen LogP contribution in [0.5, 0.6) is 0 Å². The molecule has 1 aliphatic rings. The molecule has 1 aliphatic heterocycles. The number of nitrogens with one attached hydrogen (secondary N) is 1. The van der Waals surface area contributed by atoms with E-state index in [4.69, 9.17) is 9.47 Å². The largest absolute Gasteiger partial charge is 0.394 e. The SMILES string of the molecule is CC/C=C\C/C=C\C/C=C\C/C=C\CCCCCCC(=O)NC(COC1OC(CO)C(O)C(O)C1O)C(O)/C=C/CCCCCCCCCCCCCCCCCCCCCCC. The van der Waals surface area contributed by atoms with E-state index in [2.05, 4.69) is 67.8 Å². The molecule has 1 fully saturated rings. The van der Waals surface area contributed by atoms with E-state index in [1.54, 1.807) is 6.08 Å². The molecule has 0 aromatic heterocycles. The standard InChI is InChI=1S/C54H97NO8/c1-3-5-7-9-11-13-15-17-19-21-22-23-24-25-26-28-29-31-33-35-37-39-41-43-48(57)47(46-62-54-53(61)52(60)51(59)49(45-56)63-54)55-50(58)44-42-40-38-36-34-32-30-27-20-18-16-14-12-10-8-6-4-2/h6,8,12,14,18,20,30,32,41,43,47-49,51-54,56-57,59-61H,3-5,7,9-11,13,15-17,19,21-29,31,33-40,42,44-46H2,1-2H3,(H,55,58)/b8-6-,14-12-,20-18-,32-30-,43-41+. The average molecular weight is 888 g/mol. The van der Waals surface area contributed by atoms with Crippen LogP contribution in [0.15, 0.2) is 60.8 Å². The Bertz CT molecular complexity index is 1170. The van der Waals surface area contributed by atoms with Gasteiger partial charge in [0.25, 0.3) is 0 Å². The van der Waals surface area contributed by atoms with Crippen molar-refractivity contribution in [3.8, 4) is 0 Å². The Labute approximate surface area is 386 Å². The number of amides is 1. The molecule has 6 N–H and O–H groups in total. The summed E-state index contributed by atoms with van der Waals surface area (Å²) in [5.74, 6) is -0.201. The maximum atomic E-state index is 13.0. The molecule has 0 bridgehead atoms. The summed E-state index contributed by atoms with van der Waals surface area (Å²) >= 11 is 0. The topological polar surface area (TPSA) is 149 Å². The molecule has 0 radical (unpaired) electrons. The molecule has 0 aromatic rings. The highest BCUT2D eigenvalue weighted by Gasteiger charge is 2.44. The Balaban J connectivity index is 2.30. The van der Waals surface area contributed by atoms with Gasteiger partial charge in [-0.15, -0.1) is 0 Å². The number of aliphatic hydroxyl groups excluding tert-OH is 5. The summed E-state index contributed by atoms with van der Waals surface area (Å²) in [5, 5.41) is 54.4. The second-order valence-corrected chi connectivity index (χ2v) is 17.9. The van der Waals surface area contributed by atoms with Crippen molar-refractivity contribution in [3.05, 3.63) is 60.8 Å². The molecule has 366 valence electrons. The van der Waals surface area contributed by atoms with E-state index in [9.17, 15) is 30.3 Å². The minimum atomic E-state index is -1.57. The van der Waals surface area contributed by atoms with Crippen molar-refractivity contribution in [2.45, 2.75) is 262 Å². The number of aliphatic hydroxyl groups is 5. The fraction of sp³-hybridized carbons (Fsp3) is 0.796. The van der Waals surface area contributed by atoms with Crippen LogP contribution in [0.25, 0.3) is 0 Å². The first-order valence-electron chi connectivity index (χ1n) is 26.0. The number of rotatable bonds is 43. The molecule has 9 heteroatoms. The molecule has 1 heterocycles. The minimum Gasteiger partial charge on any atom is -0.394 e. The van der Waals surface area contributed by atoms with Crippen molar-refractivity contribution < 1.29 is 39.8 Å². The lowest BCUT2D eigenvalue weighted by atomic mass is 9.99. The summed E-state index contributed by atoms with van der Waals surface area (Å²) in [5.41, 5.74) is 0.